The summed E-state index contributed by atoms with van der Waals surface area (Å²) < 4.78 is 0. The molecule has 0 aliphatic rings. The molecule has 0 saturated heterocycles. The molecule has 2 aromatic carbocycles. The predicted molar refractivity (Wildman–Crippen MR) is 107 cm³/mol. The molecule has 0 fully saturated rings. The number of carbonyl (C=O) groups is 2. The van der Waals surface area contributed by atoms with Crippen molar-refractivity contribution in [3.8, 4) is 0 Å². The van der Waals surface area contributed by atoms with Crippen LogP contribution in [0.5, 0.6) is 0 Å². The van der Waals surface area contributed by atoms with Crippen LogP contribution in [-0.2, 0) is 0 Å². The fraction of sp³-hybridized carbons (Fsp3) is 0.143. The molecule has 0 aliphatic carbocycles. The molecule has 0 unspecified atom stereocenters. The van der Waals surface area contributed by atoms with Crippen molar-refractivity contribution in [1.82, 2.24) is 0 Å². The normalized spacial score (nSPS) is 10.6. The number of carbonyl (C=O) groups excluding carboxylic acids is 2. The lowest BCUT2D eigenvalue weighted by molar-refractivity contribution is 0.102. The van der Waals surface area contributed by atoms with Crippen molar-refractivity contribution >= 4 is 34.5 Å². The van der Waals surface area contributed by atoms with E-state index in [-0.39, 0.29) is 11.8 Å². The smallest absolute Gasteiger partial charge is 0.265 e. The maximum absolute atomic E-state index is 12.3. The highest BCUT2D eigenvalue weighted by molar-refractivity contribution is 7.12. The van der Waals surface area contributed by atoms with Gasteiger partial charge in [-0.3, -0.25) is 9.59 Å². The molecular formula is C21H20N2O2S. The topological polar surface area (TPSA) is 58.2 Å². The fourth-order valence-corrected chi connectivity index (χ4v) is 3.08. The molecule has 132 valence electrons. The number of rotatable bonds is 5. The molecule has 1 heterocycles. The van der Waals surface area contributed by atoms with Crippen molar-refractivity contribution < 1.29 is 9.59 Å². The van der Waals surface area contributed by atoms with Crippen molar-refractivity contribution in [3.05, 3.63) is 82.0 Å². The van der Waals surface area contributed by atoms with Crippen LogP contribution in [-0.4, -0.2) is 11.8 Å². The molecule has 0 radical (unpaired) electrons. The Bertz CT molecular complexity index is 883. The molecule has 0 bridgehead atoms. The molecule has 3 rings (SSSR count). The van der Waals surface area contributed by atoms with Crippen LogP contribution < -0.4 is 10.6 Å². The van der Waals surface area contributed by atoms with E-state index in [9.17, 15) is 9.59 Å². The third kappa shape index (κ3) is 4.37. The van der Waals surface area contributed by atoms with E-state index in [2.05, 4.69) is 24.5 Å². The molecular weight excluding hydrogens is 344 g/mol. The molecule has 1 aromatic heterocycles. The van der Waals surface area contributed by atoms with Crippen LogP contribution in [0.4, 0.5) is 11.4 Å². The third-order valence-corrected chi connectivity index (χ3v) is 4.85. The van der Waals surface area contributed by atoms with E-state index >= 15 is 0 Å². The minimum atomic E-state index is -0.157. The van der Waals surface area contributed by atoms with Crippen molar-refractivity contribution in [2.24, 2.45) is 0 Å². The van der Waals surface area contributed by atoms with Crippen molar-refractivity contribution in [1.29, 1.82) is 0 Å². The number of anilines is 2. The molecule has 2 amide bonds. The standard InChI is InChI=1S/C21H20N2O2S/c1-14(2)15-5-7-16(8-6-15)20(24)22-17-9-11-18(12-10-17)23-21(25)19-4-3-13-26-19/h3-14H,1-2H3,(H,22,24)(H,23,25). The summed E-state index contributed by atoms with van der Waals surface area (Å²) >= 11 is 1.39. The zero-order valence-corrected chi connectivity index (χ0v) is 15.5. The minimum absolute atomic E-state index is 0.137. The summed E-state index contributed by atoms with van der Waals surface area (Å²) in [7, 11) is 0. The fourth-order valence-electron chi connectivity index (χ4n) is 2.46. The lowest BCUT2D eigenvalue weighted by Crippen LogP contribution is -2.12. The van der Waals surface area contributed by atoms with Gasteiger partial charge in [-0.25, -0.2) is 0 Å². The van der Waals surface area contributed by atoms with E-state index in [1.54, 1.807) is 30.3 Å². The minimum Gasteiger partial charge on any atom is -0.322 e. The van der Waals surface area contributed by atoms with Crippen molar-refractivity contribution in [2.75, 3.05) is 10.6 Å². The Morgan fingerprint density at radius 1 is 0.808 bits per heavy atom. The first kappa shape index (κ1) is 17.9. The second-order valence-electron chi connectivity index (χ2n) is 6.24. The second kappa shape index (κ2) is 7.97. The van der Waals surface area contributed by atoms with Gasteiger partial charge in [0, 0.05) is 16.9 Å². The van der Waals surface area contributed by atoms with Gasteiger partial charge in [0.15, 0.2) is 0 Å². The lowest BCUT2D eigenvalue weighted by Gasteiger charge is -2.09. The number of hydrogen-bond donors (Lipinski definition) is 2. The Balaban J connectivity index is 1.61. The average molecular weight is 364 g/mol. The summed E-state index contributed by atoms with van der Waals surface area (Å²) in [6.45, 7) is 4.24. The summed E-state index contributed by atoms with van der Waals surface area (Å²) in [5, 5.41) is 7.56. The lowest BCUT2D eigenvalue weighted by atomic mass is 10.0. The van der Waals surface area contributed by atoms with E-state index in [1.165, 1.54) is 16.9 Å². The molecule has 5 heteroatoms. The third-order valence-electron chi connectivity index (χ3n) is 3.99. The molecule has 0 aliphatic heterocycles. The largest absolute Gasteiger partial charge is 0.322 e. The summed E-state index contributed by atoms with van der Waals surface area (Å²) in [4.78, 5) is 25.0. The van der Waals surface area contributed by atoms with Crippen molar-refractivity contribution in [2.45, 2.75) is 19.8 Å². The van der Waals surface area contributed by atoms with Gasteiger partial charge in [0.05, 0.1) is 4.88 Å². The van der Waals surface area contributed by atoms with E-state index in [1.807, 2.05) is 35.7 Å². The Morgan fingerprint density at radius 3 is 1.88 bits per heavy atom. The van der Waals surface area contributed by atoms with Gasteiger partial charge < -0.3 is 10.6 Å². The zero-order chi connectivity index (χ0) is 18.5. The molecule has 0 saturated carbocycles. The van der Waals surface area contributed by atoms with E-state index in [0.717, 1.165) is 0 Å². The zero-order valence-electron chi connectivity index (χ0n) is 14.7. The average Bonchev–Trinajstić information content (AvgIpc) is 3.18. The second-order valence-corrected chi connectivity index (χ2v) is 7.19. The molecule has 0 spiro atoms. The Morgan fingerprint density at radius 2 is 1.38 bits per heavy atom. The highest BCUT2D eigenvalue weighted by atomic mass is 32.1. The Kier molecular flexibility index (Phi) is 5.49. The van der Waals surface area contributed by atoms with Gasteiger partial charge in [-0.1, -0.05) is 32.0 Å². The molecule has 0 atom stereocenters. The monoisotopic (exact) mass is 364 g/mol. The summed E-state index contributed by atoms with van der Waals surface area (Å²) in [6.07, 6.45) is 0. The Labute approximate surface area is 156 Å². The van der Waals surface area contributed by atoms with Crippen LogP contribution in [0.1, 0.15) is 45.4 Å². The van der Waals surface area contributed by atoms with Crippen LogP contribution in [0.3, 0.4) is 0 Å². The first-order valence-electron chi connectivity index (χ1n) is 8.39. The van der Waals surface area contributed by atoms with Gasteiger partial charge in [-0.15, -0.1) is 11.3 Å². The summed E-state index contributed by atoms with van der Waals surface area (Å²) in [5.74, 6) is 0.141. The van der Waals surface area contributed by atoms with Gasteiger partial charge in [0.1, 0.15) is 0 Å². The first-order valence-corrected chi connectivity index (χ1v) is 9.27. The maximum Gasteiger partial charge on any atom is 0.265 e. The van der Waals surface area contributed by atoms with Gasteiger partial charge in [0.25, 0.3) is 11.8 Å². The van der Waals surface area contributed by atoms with Crippen LogP contribution in [0.2, 0.25) is 0 Å². The van der Waals surface area contributed by atoms with Gasteiger partial charge in [-0.2, -0.15) is 0 Å². The Hall–Kier alpha value is -2.92. The molecule has 4 nitrogen and oxygen atoms in total. The summed E-state index contributed by atoms with van der Waals surface area (Å²) in [6, 6.07) is 18.3. The summed E-state index contributed by atoms with van der Waals surface area (Å²) in [5.41, 5.74) is 3.18. The number of amides is 2. The number of nitrogens with one attached hydrogen (secondary N) is 2. The highest BCUT2D eigenvalue weighted by Crippen LogP contribution is 2.18. The van der Waals surface area contributed by atoms with Crippen LogP contribution in [0.15, 0.2) is 66.0 Å². The number of hydrogen-bond acceptors (Lipinski definition) is 3. The SMILES string of the molecule is CC(C)c1ccc(C(=O)Nc2ccc(NC(=O)c3cccs3)cc2)cc1. The number of benzene rings is 2. The van der Waals surface area contributed by atoms with E-state index < -0.39 is 0 Å². The van der Waals surface area contributed by atoms with Gasteiger partial charge >= 0.3 is 0 Å². The van der Waals surface area contributed by atoms with Crippen LogP contribution >= 0.6 is 11.3 Å². The highest BCUT2D eigenvalue weighted by Gasteiger charge is 2.09. The maximum atomic E-state index is 12.3. The van der Waals surface area contributed by atoms with Crippen molar-refractivity contribution in [3.63, 3.8) is 0 Å². The predicted octanol–water partition coefficient (Wildman–Crippen LogP) is 5.38. The molecule has 26 heavy (non-hydrogen) atoms. The van der Waals surface area contributed by atoms with Crippen LogP contribution in [0, 0.1) is 0 Å². The molecule has 2 N–H and O–H groups in total. The number of thiophene rings is 1. The van der Waals surface area contributed by atoms with Gasteiger partial charge in [-0.05, 0) is 59.3 Å². The first-order chi connectivity index (χ1) is 12.5. The molecule has 3 aromatic rings. The van der Waals surface area contributed by atoms with Gasteiger partial charge in [0.2, 0.25) is 0 Å². The quantitative estimate of drug-likeness (QED) is 0.639. The van der Waals surface area contributed by atoms with Crippen LogP contribution in [0.25, 0.3) is 0 Å². The van der Waals surface area contributed by atoms with E-state index in [0.29, 0.717) is 27.7 Å². The van der Waals surface area contributed by atoms with E-state index in [4.69, 9.17) is 0 Å².